The molecule has 2 atom stereocenters. The third-order valence-electron chi connectivity index (χ3n) is 4.77. The lowest BCUT2D eigenvalue weighted by atomic mass is 9.97. The van der Waals surface area contributed by atoms with Crippen molar-refractivity contribution < 1.29 is 0 Å². The van der Waals surface area contributed by atoms with Crippen LogP contribution in [0.1, 0.15) is 49.3 Å². The van der Waals surface area contributed by atoms with Crippen molar-refractivity contribution in [1.29, 1.82) is 0 Å². The van der Waals surface area contributed by atoms with Crippen LogP contribution < -0.4 is 5.32 Å². The van der Waals surface area contributed by atoms with Crippen molar-refractivity contribution in [2.24, 2.45) is 5.92 Å². The minimum absolute atomic E-state index is 0.217. The molecule has 0 aliphatic carbocycles. The molecule has 2 aromatic heterocycles. The van der Waals surface area contributed by atoms with Gasteiger partial charge >= 0.3 is 0 Å². The van der Waals surface area contributed by atoms with Crippen molar-refractivity contribution >= 4 is 11.3 Å². The minimum Gasteiger partial charge on any atom is -0.307 e. The molecule has 0 radical (unpaired) electrons. The Morgan fingerprint density at radius 3 is 2.83 bits per heavy atom. The molecule has 23 heavy (non-hydrogen) atoms. The molecule has 1 saturated heterocycles. The molecule has 3 heterocycles. The van der Waals surface area contributed by atoms with Crippen LogP contribution in [-0.4, -0.2) is 34.5 Å². The van der Waals surface area contributed by atoms with Crippen molar-refractivity contribution in [1.82, 2.24) is 20.2 Å². The molecule has 5 heteroatoms. The second-order valence-corrected chi connectivity index (χ2v) is 7.49. The summed E-state index contributed by atoms with van der Waals surface area (Å²) in [7, 11) is 0. The van der Waals surface area contributed by atoms with Gasteiger partial charge in [0.2, 0.25) is 0 Å². The summed E-state index contributed by atoms with van der Waals surface area (Å²) < 4.78 is 0. The molecule has 0 saturated carbocycles. The number of aromatic nitrogens is 2. The molecule has 0 bridgehead atoms. The summed E-state index contributed by atoms with van der Waals surface area (Å²) in [5.41, 5.74) is 1.00. The van der Waals surface area contributed by atoms with Crippen LogP contribution >= 0.6 is 11.3 Å². The topological polar surface area (TPSA) is 41.0 Å². The summed E-state index contributed by atoms with van der Waals surface area (Å²) in [6.45, 7) is 7.88. The highest BCUT2D eigenvalue weighted by atomic mass is 32.1. The van der Waals surface area contributed by atoms with Crippen molar-refractivity contribution in [2.75, 3.05) is 19.6 Å². The van der Waals surface area contributed by atoms with E-state index in [4.69, 9.17) is 0 Å². The molecular formula is C18H26N4S. The molecule has 0 amide bonds. The fourth-order valence-electron chi connectivity index (χ4n) is 3.16. The normalized spacial score (nSPS) is 19.6. The van der Waals surface area contributed by atoms with Crippen LogP contribution in [0, 0.1) is 5.92 Å². The monoisotopic (exact) mass is 330 g/mol. The number of thiophene rings is 1. The highest BCUT2D eigenvalue weighted by Crippen LogP contribution is 2.29. The maximum absolute atomic E-state index is 4.41. The fraction of sp³-hybridized carbons (Fsp3) is 0.556. The van der Waals surface area contributed by atoms with E-state index in [0.717, 1.165) is 18.2 Å². The highest BCUT2D eigenvalue weighted by molar-refractivity contribution is 7.10. The van der Waals surface area contributed by atoms with Crippen LogP contribution in [0.4, 0.5) is 0 Å². The average molecular weight is 331 g/mol. The number of hydrogen-bond acceptors (Lipinski definition) is 5. The molecule has 1 aliphatic heterocycles. The zero-order chi connectivity index (χ0) is 16.1. The molecule has 1 fully saturated rings. The second-order valence-electron chi connectivity index (χ2n) is 6.51. The van der Waals surface area contributed by atoms with Crippen LogP contribution in [0.5, 0.6) is 0 Å². The maximum Gasteiger partial charge on any atom is 0.0753 e. The smallest absolute Gasteiger partial charge is 0.0753 e. The van der Waals surface area contributed by atoms with Gasteiger partial charge in [-0.3, -0.25) is 14.9 Å². The van der Waals surface area contributed by atoms with Crippen molar-refractivity contribution in [2.45, 2.75) is 38.8 Å². The number of rotatable bonds is 6. The lowest BCUT2D eigenvalue weighted by Gasteiger charge is -2.37. The Labute approximate surface area is 143 Å². The Morgan fingerprint density at radius 1 is 1.35 bits per heavy atom. The number of likely N-dealkylation sites (tertiary alicyclic amines) is 1. The first-order valence-electron chi connectivity index (χ1n) is 8.51. The molecule has 4 nitrogen and oxygen atoms in total. The van der Waals surface area contributed by atoms with Gasteiger partial charge in [-0.2, -0.15) is 0 Å². The zero-order valence-corrected chi connectivity index (χ0v) is 14.8. The predicted molar refractivity (Wildman–Crippen MR) is 95.5 cm³/mol. The predicted octanol–water partition coefficient (Wildman–Crippen LogP) is 3.66. The summed E-state index contributed by atoms with van der Waals surface area (Å²) in [4.78, 5) is 12.7. The molecular weight excluding hydrogens is 304 g/mol. The van der Waals surface area contributed by atoms with Crippen molar-refractivity contribution in [3.8, 4) is 0 Å². The third-order valence-corrected chi connectivity index (χ3v) is 5.75. The molecule has 0 unspecified atom stereocenters. The lowest BCUT2D eigenvalue weighted by molar-refractivity contribution is 0.135. The third kappa shape index (κ3) is 4.37. The maximum atomic E-state index is 4.41. The van der Waals surface area contributed by atoms with Gasteiger partial charge in [0.15, 0.2) is 0 Å². The summed E-state index contributed by atoms with van der Waals surface area (Å²) in [6, 6.07) is 5.10. The Balaban J connectivity index is 1.65. The summed E-state index contributed by atoms with van der Waals surface area (Å²) >= 11 is 1.86. The molecule has 0 spiro atoms. The van der Waals surface area contributed by atoms with Gasteiger partial charge < -0.3 is 5.32 Å². The fourth-order valence-corrected chi connectivity index (χ4v) is 4.02. The number of nitrogens with one attached hydrogen (secondary N) is 1. The molecule has 1 N–H and O–H groups in total. The van der Waals surface area contributed by atoms with E-state index in [1.54, 1.807) is 12.4 Å². The van der Waals surface area contributed by atoms with E-state index in [0.29, 0.717) is 6.04 Å². The van der Waals surface area contributed by atoms with Gasteiger partial charge in [0, 0.05) is 36.1 Å². The molecule has 124 valence electrons. The summed E-state index contributed by atoms with van der Waals surface area (Å²) in [5.74, 6) is 0.863. The number of piperidine rings is 1. The largest absolute Gasteiger partial charge is 0.307 e. The zero-order valence-electron chi connectivity index (χ0n) is 14.0. The average Bonchev–Trinajstić information content (AvgIpc) is 3.11. The van der Waals surface area contributed by atoms with E-state index in [9.17, 15) is 0 Å². The molecule has 3 rings (SSSR count). The van der Waals surface area contributed by atoms with Gasteiger partial charge in [0.1, 0.15) is 0 Å². The van der Waals surface area contributed by atoms with E-state index in [-0.39, 0.29) is 6.04 Å². The van der Waals surface area contributed by atoms with Gasteiger partial charge in [-0.25, -0.2) is 0 Å². The van der Waals surface area contributed by atoms with E-state index in [1.807, 2.05) is 17.5 Å². The minimum atomic E-state index is 0.217. The van der Waals surface area contributed by atoms with E-state index >= 15 is 0 Å². The first-order valence-corrected chi connectivity index (χ1v) is 9.38. The van der Waals surface area contributed by atoms with E-state index in [2.05, 4.69) is 51.5 Å². The van der Waals surface area contributed by atoms with Crippen LogP contribution in [0.2, 0.25) is 0 Å². The Morgan fingerprint density at radius 2 is 2.17 bits per heavy atom. The SMILES string of the molecule is CC1CCN([C@@H](CN[C@@H](C)c2cnccn2)c2cccs2)CC1. The van der Waals surface area contributed by atoms with E-state index < -0.39 is 0 Å². The Kier molecular flexibility index (Phi) is 5.75. The molecule has 2 aromatic rings. The first kappa shape index (κ1) is 16.6. The molecule has 0 aromatic carbocycles. The van der Waals surface area contributed by atoms with Crippen LogP contribution in [0.3, 0.4) is 0 Å². The lowest BCUT2D eigenvalue weighted by Crippen LogP contribution is -2.40. The Bertz CT molecular complexity index is 564. The second kappa shape index (κ2) is 7.99. The van der Waals surface area contributed by atoms with Gasteiger partial charge in [0.05, 0.1) is 11.7 Å². The first-order chi connectivity index (χ1) is 11.2. The number of nitrogens with zero attached hydrogens (tertiary/aromatic N) is 3. The van der Waals surface area contributed by atoms with Crippen LogP contribution in [-0.2, 0) is 0 Å². The van der Waals surface area contributed by atoms with Crippen molar-refractivity contribution in [3.63, 3.8) is 0 Å². The standard InChI is InChI=1S/C18H26N4S/c1-14-5-9-22(10-6-14)17(18-4-3-11-23-18)13-21-15(2)16-12-19-7-8-20-16/h3-4,7-8,11-12,14-15,17,21H,5-6,9-10,13H2,1-2H3/t15-,17-/m0/s1. The highest BCUT2D eigenvalue weighted by Gasteiger charge is 2.25. The van der Waals surface area contributed by atoms with Gasteiger partial charge in [-0.1, -0.05) is 13.0 Å². The van der Waals surface area contributed by atoms with E-state index in [1.165, 1.54) is 30.8 Å². The van der Waals surface area contributed by atoms with Gasteiger partial charge in [-0.15, -0.1) is 11.3 Å². The quantitative estimate of drug-likeness (QED) is 0.877. The molecule has 1 aliphatic rings. The van der Waals surface area contributed by atoms with Crippen LogP contribution in [0.15, 0.2) is 36.1 Å². The van der Waals surface area contributed by atoms with Crippen molar-refractivity contribution in [3.05, 3.63) is 46.7 Å². The van der Waals surface area contributed by atoms with Crippen LogP contribution in [0.25, 0.3) is 0 Å². The van der Waals surface area contributed by atoms with Gasteiger partial charge in [0.25, 0.3) is 0 Å². The summed E-state index contributed by atoms with van der Waals surface area (Å²) in [5, 5.41) is 5.84. The number of hydrogen-bond donors (Lipinski definition) is 1. The summed E-state index contributed by atoms with van der Waals surface area (Å²) in [6.07, 6.45) is 7.94. The van der Waals surface area contributed by atoms with Gasteiger partial charge in [-0.05, 0) is 50.2 Å². The Hall–Kier alpha value is -1.30.